The summed E-state index contributed by atoms with van der Waals surface area (Å²) in [7, 11) is 0. The smallest absolute Gasteiger partial charge is 0.138 e. The molecule has 0 saturated heterocycles. The van der Waals surface area contributed by atoms with Crippen molar-refractivity contribution in [1.82, 2.24) is 0 Å². The van der Waals surface area contributed by atoms with Crippen LogP contribution in [0, 0.1) is 62.6 Å². The summed E-state index contributed by atoms with van der Waals surface area (Å²) in [5.41, 5.74) is 1.76. The zero-order valence-corrected chi connectivity index (χ0v) is 21.9. The second kappa shape index (κ2) is 6.63. The van der Waals surface area contributed by atoms with E-state index in [0.29, 0.717) is 33.4 Å². The topological polar surface area (TPSA) is 17.1 Å². The summed E-state index contributed by atoms with van der Waals surface area (Å²) >= 11 is 0. The normalized spacial score (nSPS) is 55.9. The molecule has 0 heterocycles. The highest BCUT2D eigenvalue weighted by atomic mass is 16.1. The van der Waals surface area contributed by atoms with Gasteiger partial charge in [-0.05, 0) is 115 Å². The van der Waals surface area contributed by atoms with E-state index in [9.17, 15) is 4.79 Å². The second-order valence-corrected chi connectivity index (χ2v) is 14.9. The molecule has 0 radical (unpaired) electrons. The molecule has 5 aliphatic carbocycles. The Kier molecular flexibility index (Phi) is 4.80. The van der Waals surface area contributed by atoms with E-state index in [-0.39, 0.29) is 5.41 Å². The van der Waals surface area contributed by atoms with Crippen molar-refractivity contribution in [3.05, 3.63) is 0 Å². The van der Waals surface area contributed by atoms with Gasteiger partial charge in [0, 0.05) is 11.8 Å². The van der Waals surface area contributed by atoms with E-state index in [4.69, 9.17) is 0 Å². The minimum absolute atomic E-state index is 0.120. The maximum atomic E-state index is 12.9. The largest absolute Gasteiger partial charge is 0.299 e. The molecule has 0 aromatic rings. The molecule has 5 rings (SSSR count). The lowest BCUT2D eigenvalue weighted by Gasteiger charge is -2.72. The van der Waals surface area contributed by atoms with Crippen LogP contribution in [0.1, 0.15) is 120 Å². The first-order valence-electron chi connectivity index (χ1n) is 13.8. The van der Waals surface area contributed by atoms with Crippen LogP contribution in [0.5, 0.6) is 0 Å². The lowest BCUT2D eigenvalue weighted by atomic mass is 9.32. The van der Waals surface area contributed by atoms with Crippen LogP contribution in [-0.2, 0) is 4.79 Å². The third kappa shape index (κ3) is 2.65. The average molecular weight is 427 g/mol. The molecule has 5 aliphatic rings. The Labute approximate surface area is 192 Å². The van der Waals surface area contributed by atoms with Gasteiger partial charge < -0.3 is 0 Å². The summed E-state index contributed by atoms with van der Waals surface area (Å²) in [6.45, 7) is 20.3. The molecule has 0 spiro atoms. The summed E-state index contributed by atoms with van der Waals surface area (Å²) in [6.07, 6.45) is 13.3. The minimum atomic E-state index is -0.120. The SMILES string of the molecule is CC(C)[C@@H]1CC[C@]2(C)CC[C@]3(C)[C@H](CC[C@@H]4[C@@]5(C)CCC(=O)C(C)(C)[C@@H]5CC[C@]43C)[C@@H]12. The molecule has 0 N–H and O–H groups in total. The molecule has 0 aliphatic heterocycles. The van der Waals surface area contributed by atoms with Crippen LogP contribution in [0.25, 0.3) is 0 Å². The van der Waals surface area contributed by atoms with Gasteiger partial charge in [-0.1, -0.05) is 55.4 Å². The van der Waals surface area contributed by atoms with Gasteiger partial charge in [-0.15, -0.1) is 0 Å². The molecule has 5 saturated carbocycles. The highest BCUT2D eigenvalue weighted by molar-refractivity contribution is 5.85. The van der Waals surface area contributed by atoms with Crippen molar-refractivity contribution in [2.75, 3.05) is 0 Å². The molecule has 1 heteroatoms. The van der Waals surface area contributed by atoms with Crippen molar-refractivity contribution in [2.45, 2.75) is 120 Å². The monoisotopic (exact) mass is 426 g/mol. The lowest BCUT2D eigenvalue weighted by molar-refractivity contribution is -0.234. The number of Topliss-reactive ketones (excluding diaryl/α,β-unsaturated/α-hetero) is 1. The minimum Gasteiger partial charge on any atom is -0.299 e. The highest BCUT2D eigenvalue weighted by Gasteiger charge is 2.70. The van der Waals surface area contributed by atoms with E-state index in [0.717, 1.165) is 42.4 Å². The van der Waals surface area contributed by atoms with Crippen molar-refractivity contribution >= 4 is 5.78 Å². The van der Waals surface area contributed by atoms with Gasteiger partial charge >= 0.3 is 0 Å². The molecule has 0 aromatic carbocycles. The molecule has 176 valence electrons. The maximum absolute atomic E-state index is 12.9. The van der Waals surface area contributed by atoms with Crippen LogP contribution in [0.4, 0.5) is 0 Å². The standard InChI is InChI=1S/C30H50O/c1-19(2)20-11-14-27(5)17-18-29(7)21(25(20)27)9-10-23-28(6)15-13-24(31)26(3,4)22(28)12-16-30(23,29)8/h19-23,25H,9-18H2,1-8H3/t20-,21+,22-,23+,25+,27+,28-,29+,30+/m0/s1. The lowest BCUT2D eigenvalue weighted by Crippen LogP contribution is -2.66. The van der Waals surface area contributed by atoms with E-state index in [2.05, 4.69) is 55.4 Å². The fourth-order valence-corrected chi connectivity index (χ4v) is 11.5. The molecule has 0 bridgehead atoms. The first kappa shape index (κ1) is 22.5. The molecule has 0 unspecified atom stereocenters. The predicted molar refractivity (Wildman–Crippen MR) is 130 cm³/mol. The van der Waals surface area contributed by atoms with Gasteiger partial charge in [0.1, 0.15) is 5.78 Å². The van der Waals surface area contributed by atoms with Crippen LogP contribution < -0.4 is 0 Å². The number of ketones is 1. The van der Waals surface area contributed by atoms with Crippen molar-refractivity contribution in [1.29, 1.82) is 0 Å². The van der Waals surface area contributed by atoms with Gasteiger partial charge in [0.05, 0.1) is 0 Å². The summed E-state index contributed by atoms with van der Waals surface area (Å²) in [5, 5.41) is 0. The van der Waals surface area contributed by atoms with E-state index in [1.165, 1.54) is 51.4 Å². The highest BCUT2D eigenvalue weighted by Crippen LogP contribution is 2.77. The third-order valence-electron chi connectivity index (χ3n) is 13.5. The van der Waals surface area contributed by atoms with Crippen LogP contribution in [-0.4, -0.2) is 5.78 Å². The number of rotatable bonds is 1. The van der Waals surface area contributed by atoms with Gasteiger partial charge in [0.15, 0.2) is 0 Å². The molecule has 9 atom stereocenters. The van der Waals surface area contributed by atoms with E-state index >= 15 is 0 Å². The van der Waals surface area contributed by atoms with Crippen molar-refractivity contribution in [2.24, 2.45) is 62.6 Å². The molecular formula is C30H50O. The summed E-state index contributed by atoms with van der Waals surface area (Å²) in [4.78, 5) is 12.9. The summed E-state index contributed by atoms with van der Waals surface area (Å²) in [5.74, 6) is 5.56. The fourth-order valence-electron chi connectivity index (χ4n) is 11.5. The van der Waals surface area contributed by atoms with E-state index in [1.54, 1.807) is 0 Å². The number of hydrogen-bond donors (Lipinski definition) is 0. The van der Waals surface area contributed by atoms with E-state index < -0.39 is 0 Å². The van der Waals surface area contributed by atoms with Gasteiger partial charge in [0.25, 0.3) is 0 Å². The van der Waals surface area contributed by atoms with Crippen LogP contribution in [0.15, 0.2) is 0 Å². The summed E-state index contributed by atoms with van der Waals surface area (Å²) < 4.78 is 0. The molecule has 5 fully saturated rings. The van der Waals surface area contributed by atoms with Crippen LogP contribution in [0.2, 0.25) is 0 Å². The Balaban J connectivity index is 1.54. The quantitative estimate of drug-likeness (QED) is 0.412. The van der Waals surface area contributed by atoms with Crippen molar-refractivity contribution < 1.29 is 4.79 Å². The molecule has 1 nitrogen and oxygen atoms in total. The second-order valence-electron chi connectivity index (χ2n) is 14.9. The third-order valence-corrected chi connectivity index (χ3v) is 13.5. The van der Waals surface area contributed by atoms with Gasteiger partial charge in [0.2, 0.25) is 0 Å². The van der Waals surface area contributed by atoms with Crippen molar-refractivity contribution in [3.8, 4) is 0 Å². The fraction of sp³-hybridized carbons (Fsp3) is 0.967. The summed E-state index contributed by atoms with van der Waals surface area (Å²) in [6, 6.07) is 0. The molecular weight excluding hydrogens is 376 g/mol. The maximum Gasteiger partial charge on any atom is 0.138 e. The number of carbonyl (C=O) groups is 1. The number of hydrogen-bond acceptors (Lipinski definition) is 1. The Morgan fingerprint density at radius 3 is 2.13 bits per heavy atom. The first-order chi connectivity index (χ1) is 14.3. The Hall–Kier alpha value is -0.330. The zero-order chi connectivity index (χ0) is 22.6. The van der Waals surface area contributed by atoms with Crippen LogP contribution in [0.3, 0.4) is 0 Å². The molecule has 31 heavy (non-hydrogen) atoms. The zero-order valence-electron chi connectivity index (χ0n) is 21.9. The van der Waals surface area contributed by atoms with E-state index in [1.807, 2.05) is 0 Å². The number of carbonyl (C=O) groups excluding carboxylic acids is 1. The van der Waals surface area contributed by atoms with Crippen molar-refractivity contribution in [3.63, 3.8) is 0 Å². The predicted octanol–water partition coefficient (Wildman–Crippen LogP) is 8.31. The number of fused-ring (bicyclic) bond motifs is 7. The Morgan fingerprint density at radius 2 is 1.45 bits per heavy atom. The first-order valence-corrected chi connectivity index (χ1v) is 13.8. The van der Waals surface area contributed by atoms with Gasteiger partial charge in [-0.25, -0.2) is 0 Å². The molecule has 0 aromatic heterocycles. The molecule has 0 amide bonds. The Morgan fingerprint density at radius 1 is 0.742 bits per heavy atom. The van der Waals surface area contributed by atoms with Crippen LogP contribution >= 0.6 is 0 Å². The van der Waals surface area contributed by atoms with Gasteiger partial charge in [-0.2, -0.15) is 0 Å². The average Bonchev–Trinajstić information content (AvgIpc) is 3.04. The van der Waals surface area contributed by atoms with Gasteiger partial charge in [-0.3, -0.25) is 4.79 Å². The Bertz CT molecular complexity index is 764.